The number of hydrogen-bond acceptors (Lipinski definition) is 8. The Balaban J connectivity index is 1.90. The van der Waals surface area contributed by atoms with Crippen LogP contribution in [0.1, 0.15) is 12.5 Å². The normalized spacial score (nSPS) is 11.3. The van der Waals surface area contributed by atoms with Crippen molar-refractivity contribution in [1.29, 1.82) is 0 Å². The molecule has 8 nitrogen and oxygen atoms in total. The standard InChI is InChI=1S/C27H21FO8/c1-2-33-27(32)23(14-29)36-25-22(34-15-16-6-4-3-5-7-16)13-20(31)24-19(30)12-21(35-26(24)25)17-8-10-18(28)11-9-17/h3-14,29,31H,2,15H2,1H3/b23-14+. The smallest absolute Gasteiger partial charge is 0.377 e. The van der Waals surface area contributed by atoms with Gasteiger partial charge in [-0.2, -0.15) is 0 Å². The number of benzene rings is 3. The highest BCUT2D eigenvalue weighted by Gasteiger charge is 2.25. The van der Waals surface area contributed by atoms with E-state index in [9.17, 15) is 24.2 Å². The van der Waals surface area contributed by atoms with E-state index in [0.29, 0.717) is 11.8 Å². The second-order valence-electron chi connectivity index (χ2n) is 7.50. The van der Waals surface area contributed by atoms with Crippen LogP contribution in [0.5, 0.6) is 17.2 Å². The van der Waals surface area contributed by atoms with Crippen LogP contribution < -0.4 is 14.9 Å². The van der Waals surface area contributed by atoms with Crippen molar-refractivity contribution >= 4 is 16.9 Å². The van der Waals surface area contributed by atoms with Gasteiger partial charge in [0.15, 0.2) is 16.8 Å². The molecule has 0 saturated carbocycles. The van der Waals surface area contributed by atoms with Crippen molar-refractivity contribution in [2.24, 2.45) is 0 Å². The third-order valence-corrected chi connectivity index (χ3v) is 5.07. The summed E-state index contributed by atoms with van der Waals surface area (Å²) in [6.07, 6.45) is 0.402. The maximum absolute atomic E-state index is 13.4. The predicted molar refractivity (Wildman–Crippen MR) is 128 cm³/mol. The minimum atomic E-state index is -0.979. The van der Waals surface area contributed by atoms with Crippen molar-refractivity contribution in [3.8, 4) is 28.6 Å². The van der Waals surface area contributed by atoms with Crippen LogP contribution in [0.15, 0.2) is 88.0 Å². The van der Waals surface area contributed by atoms with Gasteiger partial charge < -0.3 is 28.8 Å². The topological polar surface area (TPSA) is 115 Å². The van der Waals surface area contributed by atoms with Crippen molar-refractivity contribution < 1.29 is 38.0 Å². The second-order valence-corrected chi connectivity index (χ2v) is 7.50. The fourth-order valence-electron chi connectivity index (χ4n) is 3.40. The first-order valence-electron chi connectivity index (χ1n) is 10.9. The summed E-state index contributed by atoms with van der Waals surface area (Å²) in [6, 6.07) is 16.6. The van der Waals surface area contributed by atoms with Gasteiger partial charge >= 0.3 is 5.97 Å². The lowest BCUT2D eigenvalue weighted by Crippen LogP contribution is -2.14. The van der Waals surface area contributed by atoms with Crippen LogP contribution in [0.25, 0.3) is 22.3 Å². The van der Waals surface area contributed by atoms with E-state index >= 15 is 0 Å². The minimum Gasteiger partial charge on any atom is -0.511 e. The van der Waals surface area contributed by atoms with Crippen LogP contribution >= 0.6 is 0 Å². The molecule has 36 heavy (non-hydrogen) atoms. The molecule has 0 saturated heterocycles. The first kappa shape index (κ1) is 24.3. The summed E-state index contributed by atoms with van der Waals surface area (Å²) in [5.41, 5.74) is 0.277. The largest absolute Gasteiger partial charge is 0.511 e. The van der Waals surface area contributed by atoms with E-state index in [-0.39, 0.29) is 41.4 Å². The average molecular weight is 492 g/mol. The van der Waals surface area contributed by atoms with Crippen LogP contribution in [-0.2, 0) is 16.1 Å². The second kappa shape index (κ2) is 10.6. The van der Waals surface area contributed by atoms with Gasteiger partial charge in [0.1, 0.15) is 35.6 Å². The molecule has 9 heteroatoms. The first-order chi connectivity index (χ1) is 17.4. The van der Waals surface area contributed by atoms with E-state index in [2.05, 4.69) is 0 Å². The van der Waals surface area contributed by atoms with E-state index in [4.69, 9.17) is 18.6 Å². The summed E-state index contributed by atoms with van der Waals surface area (Å²) in [5, 5.41) is 20.0. The molecular formula is C27H21FO8. The zero-order valence-corrected chi connectivity index (χ0v) is 19.1. The molecule has 0 aliphatic heterocycles. The van der Waals surface area contributed by atoms with Crippen LogP contribution in [0.4, 0.5) is 4.39 Å². The first-order valence-corrected chi connectivity index (χ1v) is 10.9. The Hall–Kier alpha value is -4.79. The highest BCUT2D eigenvalue weighted by Crippen LogP contribution is 2.42. The lowest BCUT2D eigenvalue weighted by molar-refractivity contribution is -0.141. The molecule has 0 atom stereocenters. The molecule has 0 unspecified atom stereocenters. The Bertz CT molecular complexity index is 1470. The SMILES string of the molecule is CCOC(=O)/C(=C\O)Oc1c(OCc2ccccc2)cc(O)c2c(=O)cc(-c3ccc(F)cc3)oc12. The number of esters is 1. The molecule has 0 aliphatic rings. The molecule has 4 aromatic rings. The quantitative estimate of drug-likeness (QED) is 0.195. The van der Waals surface area contributed by atoms with Gasteiger partial charge in [0.25, 0.3) is 0 Å². The number of phenolic OH excluding ortho intramolecular Hbond substituents is 1. The Kier molecular flexibility index (Phi) is 7.20. The molecule has 3 aromatic carbocycles. The predicted octanol–water partition coefficient (Wildman–Crippen LogP) is 5.23. The molecular weight excluding hydrogens is 471 g/mol. The van der Waals surface area contributed by atoms with Gasteiger partial charge in [-0.3, -0.25) is 4.79 Å². The molecule has 4 rings (SSSR count). The molecule has 1 heterocycles. The Morgan fingerprint density at radius 2 is 1.81 bits per heavy atom. The highest BCUT2D eigenvalue weighted by molar-refractivity contribution is 5.93. The maximum Gasteiger partial charge on any atom is 0.377 e. The summed E-state index contributed by atoms with van der Waals surface area (Å²) in [5.74, 6) is -2.81. The van der Waals surface area contributed by atoms with Crippen molar-refractivity contribution in [1.82, 2.24) is 0 Å². The Morgan fingerprint density at radius 1 is 1.08 bits per heavy atom. The monoisotopic (exact) mass is 492 g/mol. The molecule has 184 valence electrons. The third kappa shape index (κ3) is 5.15. The van der Waals surface area contributed by atoms with Crippen molar-refractivity contribution in [3.63, 3.8) is 0 Å². The Morgan fingerprint density at radius 3 is 2.47 bits per heavy atom. The van der Waals surface area contributed by atoms with E-state index in [0.717, 1.165) is 17.7 Å². The molecule has 2 N–H and O–H groups in total. The number of phenols is 1. The van der Waals surface area contributed by atoms with Crippen molar-refractivity contribution in [3.05, 3.63) is 100 Å². The van der Waals surface area contributed by atoms with Gasteiger partial charge in [0.2, 0.25) is 11.5 Å². The van der Waals surface area contributed by atoms with E-state index in [1.54, 1.807) is 6.92 Å². The molecule has 0 fully saturated rings. The maximum atomic E-state index is 13.4. The molecule has 0 aliphatic carbocycles. The number of rotatable bonds is 8. The van der Waals surface area contributed by atoms with Gasteiger partial charge in [0.05, 0.1) is 6.61 Å². The number of carbonyl (C=O) groups excluding carboxylic acids is 1. The van der Waals surface area contributed by atoms with Crippen molar-refractivity contribution in [2.45, 2.75) is 13.5 Å². The number of carbonyl (C=O) groups is 1. The third-order valence-electron chi connectivity index (χ3n) is 5.07. The number of aromatic hydroxyl groups is 1. The number of fused-ring (bicyclic) bond motifs is 1. The lowest BCUT2D eigenvalue weighted by Gasteiger charge is -2.16. The van der Waals surface area contributed by atoms with Crippen LogP contribution in [0.2, 0.25) is 0 Å². The molecule has 0 spiro atoms. The summed E-state index contributed by atoms with van der Waals surface area (Å²) in [7, 11) is 0. The number of aliphatic hydroxyl groups excluding tert-OH is 1. The summed E-state index contributed by atoms with van der Waals surface area (Å²) < 4.78 is 35.7. The van der Waals surface area contributed by atoms with E-state index in [1.165, 1.54) is 24.3 Å². The number of hydrogen-bond donors (Lipinski definition) is 2. The average Bonchev–Trinajstić information content (AvgIpc) is 2.88. The van der Waals surface area contributed by atoms with Gasteiger partial charge in [-0.15, -0.1) is 0 Å². The molecule has 0 radical (unpaired) electrons. The van der Waals surface area contributed by atoms with E-state index < -0.39 is 28.7 Å². The zero-order chi connectivity index (χ0) is 25.7. The van der Waals surface area contributed by atoms with Gasteiger partial charge in [-0.1, -0.05) is 30.3 Å². The summed E-state index contributed by atoms with van der Waals surface area (Å²) in [6.45, 7) is 1.63. The Labute approximate surface area is 204 Å². The number of aliphatic hydroxyl groups is 1. The molecule has 1 aromatic heterocycles. The van der Waals surface area contributed by atoms with E-state index in [1.807, 2.05) is 30.3 Å². The number of halogens is 1. The summed E-state index contributed by atoms with van der Waals surface area (Å²) in [4.78, 5) is 25.2. The van der Waals surface area contributed by atoms with Crippen LogP contribution in [-0.4, -0.2) is 22.8 Å². The van der Waals surface area contributed by atoms with Crippen molar-refractivity contribution in [2.75, 3.05) is 6.61 Å². The fourth-order valence-corrected chi connectivity index (χ4v) is 3.40. The van der Waals surface area contributed by atoms with Crippen LogP contribution in [0.3, 0.4) is 0 Å². The van der Waals surface area contributed by atoms with Gasteiger partial charge in [-0.05, 0) is 36.8 Å². The number of ether oxygens (including phenoxy) is 3. The minimum absolute atomic E-state index is 0.0109. The molecule has 0 amide bonds. The lowest BCUT2D eigenvalue weighted by atomic mass is 10.1. The van der Waals surface area contributed by atoms with Crippen LogP contribution in [0, 0.1) is 5.82 Å². The summed E-state index contributed by atoms with van der Waals surface area (Å²) >= 11 is 0. The molecule has 0 bridgehead atoms. The highest BCUT2D eigenvalue weighted by atomic mass is 19.1. The zero-order valence-electron chi connectivity index (χ0n) is 19.1. The van der Waals surface area contributed by atoms with Gasteiger partial charge in [0, 0.05) is 17.7 Å². The van der Waals surface area contributed by atoms with Gasteiger partial charge in [-0.25, -0.2) is 9.18 Å². The fraction of sp³-hybridized carbons (Fsp3) is 0.111.